The third-order valence-corrected chi connectivity index (χ3v) is 5.75. The third-order valence-electron chi connectivity index (χ3n) is 5.75. The van der Waals surface area contributed by atoms with Crippen molar-refractivity contribution < 1.29 is 9.18 Å². The Morgan fingerprint density at radius 2 is 1.89 bits per heavy atom. The third kappa shape index (κ3) is 3.73. The van der Waals surface area contributed by atoms with Gasteiger partial charge in [0.15, 0.2) is 0 Å². The fourth-order valence-corrected chi connectivity index (χ4v) is 4.40. The number of halogens is 2. The maximum absolute atomic E-state index is 14.7. The number of carbonyl (C=O) groups is 1. The van der Waals surface area contributed by atoms with Gasteiger partial charge >= 0.3 is 0 Å². The highest BCUT2D eigenvalue weighted by Crippen LogP contribution is 2.30. The summed E-state index contributed by atoms with van der Waals surface area (Å²) in [6, 6.07) is 7.82. The number of benzene rings is 1. The number of carbonyl (C=O) groups excluding carboxylic acids is 1. The van der Waals surface area contributed by atoms with Crippen LogP contribution in [-0.4, -0.2) is 45.8 Å². The van der Waals surface area contributed by atoms with E-state index in [0.29, 0.717) is 23.3 Å². The zero-order chi connectivity index (χ0) is 18.4. The second-order valence-electron chi connectivity index (χ2n) is 7.68. The Morgan fingerprint density at radius 3 is 2.44 bits per heavy atom. The Bertz CT molecular complexity index is 841. The van der Waals surface area contributed by atoms with E-state index in [-0.39, 0.29) is 24.4 Å². The second kappa shape index (κ2) is 7.60. The first-order chi connectivity index (χ1) is 12.4. The van der Waals surface area contributed by atoms with Crippen molar-refractivity contribution in [1.29, 1.82) is 0 Å². The zero-order valence-corrected chi connectivity index (χ0v) is 16.7. The molecule has 27 heavy (non-hydrogen) atoms. The quantitative estimate of drug-likeness (QED) is 0.870. The lowest BCUT2D eigenvalue weighted by molar-refractivity contribution is 0.0681. The Balaban J connectivity index is 0.00000210. The summed E-state index contributed by atoms with van der Waals surface area (Å²) in [6.45, 7) is 3.76. The maximum atomic E-state index is 14.7. The van der Waals surface area contributed by atoms with Crippen molar-refractivity contribution in [2.24, 2.45) is 0 Å². The van der Waals surface area contributed by atoms with E-state index in [2.05, 4.69) is 10.4 Å². The van der Waals surface area contributed by atoms with Gasteiger partial charge in [-0.05, 0) is 63.8 Å². The molecule has 1 aromatic heterocycles. The van der Waals surface area contributed by atoms with Gasteiger partial charge in [0.05, 0.1) is 5.69 Å². The Kier molecular flexibility index (Phi) is 5.58. The molecule has 2 bridgehead atoms. The zero-order valence-electron chi connectivity index (χ0n) is 15.9. The number of nitrogens with zero attached hydrogens (tertiary/aromatic N) is 3. The number of amides is 1. The summed E-state index contributed by atoms with van der Waals surface area (Å²) in [5.41, 5.74) is 2.46. The molecule has 5 nitrogen and oxygen atoms in total. The molecule has 2 aliphatic heterocycles. The number of aromatic nitrogens is 2. The standard InChI is InChI=1S/C20H25FN4O.ClH/c1-12-8-13(2)25(23-12)19-7-4-14(9-18(19)21)20(26)24(3)17-10-15-5-6-16(11-17)22-15;/h4,7-9,15-17,22H,5-6,10-11H2,1-3H3;1H. The van der Waals surface area contributed by atoms with Crippen molar-refractivity contribution in [1.82, 2.24) is 20.0 Å². The van der Waals surface area contributed by atoms with E-state index in [0.717, 1.165) is 24.2 Å². The Hall–Kier alpha value is -1.92. The van der Waals surface area contributed by atoms with Crippen LogP contribution in [0.25, 0.3) is 5.69 Å². The first-order valence-corrected chi connectivity index (χ1v) is 9.29. The fraction of sp³-hybridized carbons (Fsp3) is 0.500. The highest BCUT2D eigenvalue weighted by Gasteiger charge is 2.36. The Labute approximate surface area is 165 Å². The molecule has 7 heteroatoms. The van der Waals surface area contributed by atoms with Crippen LogP contribution in [0.5, 0.6) is 0 Å². The van der Waals surface area contributed by atoms with Gasteiger partial charge in [0.2, 0.25) is 0 Å². The minimum absolute atomic E-state index is 0. The van der Waals surface area contributed by atoms with E-state index in [9.17, 15) is 9.18 Å². The van der Waals surface area contributed by atoms with Gasteiger partial charge in [-0.1, -0.05) is 0 Å². The molecule has 0 radical (unpaired) electrons. The van der Waals surface area contributed by atoms with Crippen LogP contribution in [-0.2, 0) is 0 Å². The summed E-state index contributed by atoms with van der Waals surface area (Å²) in [4.78, 5) is 14.7. The van der Waals surface area contributed by atoms with Gasteiger partial charge in [0.1, 0.15) is 11.5 Å². The lowest BCUT2D eigenvalue weighted by atomic mass is 9.98. The van der Waals surface area contributed by atoms with Gasteiger partial charge in [0.25, 0.3) is 5.91 Å². The van der Waals surface area contributed by atoms with Crippen LogP contribution in [0.2, 0.25) is 0 Å². The molecule has 0 spiro atoms. The first kappa shape index (κ1) is 19.8. The molecule has 1 aromatic carbocycles. The van der Waals surface area contributed by atoms with Crippen LogP contribution in [0.1, 0.15) is 47.4 Å². The van der Waals surface area contributed by atoms with Crippen LogP contribution in [0.3, 0.4) is 0 Å². The van der Waals surface area contributed by atoms with Gasteiger partial charge in [-0.25, -0.2) is 9.07 Å². The monoisotopic (exact) mass is 392 g/mol. The fourth-order valence-electron chi connectivity index (χ4n) is 4.40. The predicted octanol–water partition coefficient (Wildman–Crippen LogP) is 3.41. The van der Waals surface area contributed by atoms with Crippen molar-refractivity contribution >= 4 is 18.3 Å². The van der Waals surface area contributed by atoms with Gasteiger partial charge in [-0.2, -0.15) is 5.10 Å². The van der Waals surface area contributed by atoms with Crippen LogP contribution in [0.15, 0.2) is 24.3 Å². The van der Waals surface area contributed by atoms with Crippen molar-refractivity contribution in [2.75, 3.05) is 7.05 Å². The van der Waals surface area contributed by atoms with Crippen molar-refractivity contribution in [2.45, 2.75) is 57.7 Å². The highest BCUT2D eigenvalue weighted by molar-refractivity contribution is 5.94. The molecule has 2 unspecified atom stereocenters. The molecular weight excluding hydrogens is 367 g/mol. The van der Waals surface area contributed by atoms with E-state index >= 15 is 0 Å². The molecule has 1 amide bonds. The van der Waals surface area contributed by atoms with Crippen LogP contribution in [0, 0.1) is 19.7 Å². The molecule has 0 aliphatic carbocycles. The smallest absolute Gasteiger partial charge is 0.253 e. The molecule has 4 rings (SSSR count). The minimum atomic E-state index is -0.430. The molecule has 2 atom stereocenters. The molecule has 2 aromatic rings. The summed E-state index contributed by atoms with van der Waals surface area (Å²) in [5, 5.41) is 7.91. The molecule has 2 aliphatic rings. The Morgan fingerprint density at radius 1 is 1.22 bits per heavy atom. The van der Waals surface area contributed by atoms with Crippen molar-refractivity contribution in [3.63, 3.8) is 0 Å². The molecular formula is C20H26ClFN4O. The predicted molar refractivity (Wildman–Crippen MR) is 105 cm³/mol. The number of aryl methyl sites for hydroxylation is 2. The number of fused-ring (bicyclic) bond motifs is 2. The minimum Gasteiger partial charge on any atom is -0.339 e. The van der Waals surface area contributed by atoms with Gasteiger partial charge in [0, 0.05) is 36.4 Å². The number of nitrogens with one attached hydrogen (secondary N) is 1. The van der Waals surface area contributed by atoms with Gasteiger partial charge in [-0.3, -0.25) is 4.79 Å². The van der Waals surface area contributed by atoms with E-state index < -0.39 is 5.82 Å². The van der Waals surface area contributed by atoms with Gasteiger partial charge in [-0.15, -0.1) is 12.4 Å². The molecule has 146 valence electrons. The second-order valence-corrected chi connectivity index (χ2v) is 7.68. The number of hydrogen-bond acceptors (Lipinski definition) is 3. The van der Waals surface area contributed by atoms with Crippen molar-refractivity contribution in [3.05, 3.63) is 47.0 Å². The number of rotatable bonds is 3. The lowest BCUT2D eigenvalue weighted by Crippen LogP contribution is -2.48. The normalized spacial score (nSPS) is 23.8. The molecule has 1 N–H and O–H groups in total. The topological polar surface area (TPSA) is 50.2 Å². The summed E-state index contributed by atoms with van der Waals surface area (Å²) in [6.07, 6.45) is 4.33. The first-order valence-electron chi connectivity index (χ1n) is 9.29. The summed E-state index contributed by atoms with van der Waals surface area (Å²) < 4.78 is 16.3. The van der Waals surface area contributed by atoms with Crippen molar-refractivity contribution in [3.8, 4) is 5.69 Å². The molecule has 2 fully saturated rings. The van der Waals surface area contributed by atoms with Gasteiger partial charge < -0.3 is 10.2 Å². The summed E-state index contributed by atoms with van der Waals surface area (Å²) in [5.74, 6) is -0.545. The summed E-state index contributed by atoms with van der Waals surface area (Å²) >= 11 is 0. The lowest BCUT2D eigenvalue weighted by Gasteiger charge is -2.35. The van der Waals surface area contributed by atoms with E-state index in [1.165, 1.54) is 18.9 Å². The molecule has 2 saturated heterocycles. The SMILES string of the molecule is Cc1cc(C)n(-c2ccc(C(=O)N(C)C3CC4CCC(C3)N4)cc2F)n1.Cl. The van der Waals surface area contributed by atoms with E-state index in [1.807, 2.05) is 27.0 Å². The largest absolute Gasteiger partial charge is 0.339 e. The molecule has 0 saturated carbocycles. The molecule has 3 heterocycles. The number of piperidine rings is 1. The average molecular weight is 393 g/mol. The van der Waals surface area contributed by atoms with E-state index in [4.69, 9.17) is 0 Å². The summed E-state index contributed by atoms with van der Waals surface area (Å²) in [7, 11) is 1.84. The average Bonchev–Trinajstić information content (AvgIpc) is 3.13. The highest BCUT2D eigenvalue weighted by atomic mass is 35.5. The van der Waals surface area contributed by atoms with Crippen LogP contribution < -0.4 is 5.32 Å². The van der Waals surface area contributed by atoms with Crippen LogP contribution in [0.4, 0.5) is 4.39 Å². The maximum Gasteiger partial charge on any atom is 0.253 e. The van der Waals surface area contributed by atoms with Crippen LogP contribution >= 0.6 is 12.4 Å². The van der Waals surface area contributed by atoms with E-state index in [1.54, 1.807) is 21.7 Å². The number of hydrogen-bond donors (Lipinski definition) is 1.